The smallest absolute Gasteiger partial charge is 0.222 e. The van der Waals surface area contributed by atoms with E-state index in [1.54, 1.807) is 4.90 Å². The average Bonchev–Trinajstić information content (AvgIpc) is 2.91. The van der Waals surface area contributed by atoms with Crippen molar-refractivity contribution in [2.75, 3.05) is 33.4 Å². The number of ether oxygens (including phenoxy) is 3. The van der Waals surface area contributed by atoms with Gasteiger partial charge in [-0.2, -0.15) is 0 Å². The highest BCUT2D eigenvalue weighted by Gasteiger charge is 2.13. The van der Waals surface area contributed by atoms with Gasteiger partial charge in [-0.1, -0.05) is 18.2 Å². The molecule has 0 saturated carbocycles. The number of hydrogen-bond acceptors (Lipinski definition) is 4. The van der Waals surface area contributed by atoms with Gasteiger partial charge in [-0.3, -0.25) is 4.79 Å². The Morgan fingerprint density at radius 3 is 2.74 bits per heavy atom. The highest BCUT2D eigenvalue weighted by atomic mass is 16.5. The zero-order valence-electron chi connectivity index (χ0n) is 16.1. The molecule has 0 atom stereocenters. The van der Waals surface area contributed by atoms with E-state index >= 15 is 0 Å². The molecule has 5 heteroatoms. The number of carbonyl (C=O) groups is 1. The Kier molecular flexibility index (Phi) is 6.58. The normalized spacial score (nSPS) is 13.0. The largest absolute Gasteiger partial charge is 0.492 e. The van der Waals surface area contributed by atoms with Crippen LogP contribution in [0.1, 0.15) is 24.0 Å². The van der Waals surface area contributed by atoms with Crippen LogP contribution in [0.15, 0.2) is 42.5 Å². The van der Waals surface area contributed by atoms with Crippen molar-refractivity contribution in [2.45, 2.75) is 26.2 Å². The maximum atomic E-state index is 12.4. The van der Waals surface area contributed by atoms with E-state index in [0.717, 1.165) is 34.8 Å². The minimum absolute atomic E-state index is 0.106. The molecule has 2 aromatic rings. The van der Waals surface area contributed by atoms with Crippen LogP contribution in [0.4, 0.5) is 0 Å². The number of likely N-dealkylation sites (N-methyl/N-ethyl adjacent to an activating group) is 1. The summed E-state index contributed by atoms with van der Waals surface area (Å²) in [5, 5.41) is 0. The molecule has 0 aliphatic carbocycles. The molecule has 2 aromatic carbocycles. The molecule has 0 spiro atoms. The lowest BCUT2D eigenvalue weighted by Gasteiger charge is -2.18. The molecule has 3 rings (SSSR count). The first-order valence-electron chi connectivity index (χ1n) is 9.44. The number of carbonyl (C=O) groups excluding carboxylic acids is 1. The minimum Gasteiger partial charge on any atom is -0.492 e. The maximum Gasteiger partial charge on any atom is 0.222 e. The Labute approximate surface area is 160 Å². The lowest BCUT2D eigenvalue weighted by atomic mass is 10.1. The van der Waals surface area contributed by atoms with Crippen molar-refractivity contribution >= 4 is 5.91 Å². The van der Waals surface area contributed by atoms with Crippen LogP contribution in [0, 0.1) is 6.92 Å². The van der Waals surface area contributed by atoms with E-state index in [0.29, 0.717) is 39.2 Å². The lowest BCUT2D eigenvalue weighted by Crippen LogP contribution is -2.31. The van der Waals surface area contributed by atoms with Gasteiger partial charge in [0.1, 0.15) is 12.4 Å². The van der Waals surface area contributed by atoms with Gasteiger partial charge in [0.05, 0.1) is 19.8 Å². The quantitative estimate of drug-likeness (QED) is 0.748. The van der Waals surface area contributed by atoms with Crippen molar-refractivity contribution in [3.8, 4) is 17.2 Å². The predicted octanol–water partition coefficient (Wildman–Crippen LogP) is 3.63. The van der Waals surface area contributed by atoms with Gasteiger partial charge < -0.3 is 19.1 Å². The van der Waals surface area contributed by atoms with E-state index in [1.165, 1.54) is 0 Å². The molecule has 1 aliphatic rings. The summed E-state index contributed by atoms with van der Waals surface area (Å²) in [6.07, 6.45) is 2.02. The van der Waals surface area contributed by atoms with Crippen molar-refractivity contribution in [1.82, 2.24) is 4.90 Å². The Hall–Kier alpha value is -2.69. The zero-order valence-corrected chi connectivity index (χ0v) is 16.1. The van der Waals surface area contributed by atoms with E-state index in [9.17, 15) is 4.79 Å². The summed E-state index contributed by atoms with van der Waals surface area (Å²) < 4.78 is 17.1. The van der Waals surface area contributed by atoms with Gasteiger partial charge in [0.2, 0.25) is 5.91 Å². The monoisotopic (exact) mass is 369 g/mol. The number of nitrogens with zero attached hydrogens (tertiary/aromatic N) is 1. The van der Waals surface area contributed by atoms with E-state index in [1.807, 2.05) is 56.4 Å². The number of aryl methyl sites for hydroxylation is 2. The fourth-order valence-corrected chi connectivity index (χ4v) is 2.94. The third-order valence-electron chi connectivity index (χ3n) is 4.55. The van der Waals surface area contributed by atoms with E-state index in [2.05, 4.69) is 0 Å². The molecular formula is C22H27NO4. The minimum atomic E-state index is 0.106. The molecule has 144 valence electrons. The third kappa shape index (κ3) is 5.64. The fourth-order valence-electron chi connectivity index (χ4n) is 2.94. The van der Waals surface area contributed by atoms with Gasteiger partial charge >= 0.3 is 0 Å². The summed E-state index contributed by atoms with van der Waals surface area (Å²) in [7, 11) is 1.82. The summed E-state index contributed by atoms with van der Waals surface area (Å²) in [6, 6.07) is 13.8. The van der Waals surface area contributed by atoms with Crippen LogP contribution in [0.25, 0.3) is 0 Å². The molecule has 0 unspecified atom stereocenters. The molecular weight excluding hydrogens is 342 g/mol. The summed E-state index contributed by atoms with van der Waals surface area (Å²) >= 11 is 0. The van der Waals surface area contributed by atoms with Crippen molar-refractivity contribution in [2.24, 2.45) is 0 Å². The maximum absolute atomic E-state index is 12.4. The van der Waals surface area contributed by atoms with E-state index in [-0.39, 0.29) is 5.91 Å². The SMILES string of the molecule is Cc1cccc(OCCN(C)C(=O)CCc2ccc3c(c2)OCCCO3)c1. The summed E-state index contributed by atoms with van der Waals surface area (Å²) in [4.78, 5) is 14.1. The predicted molar refractivity (Wildman–Crippen MR) is 105 cm³/mol. The first kappa shape index (κ1) is 19.1. The number of hydrogen-bond donors (Lipinski definition) is 0. The third-order valence-corrected chi connectivity index (χ3v) is 4.55. The molecule has 1 amide bonds. The van der Waals surface area contributed by atoms with Gasteiger partial charge in [-0.05, 0) is 48.7 Å². The molecule has 0 aromatic heterocycles. The summed E-state index contributed by atoms with van der Waals surface area (Å²) in [5.74, 6) is 2.50. The Morgan fingerprint density at radius 2 is 1.93 bits per heavy atom. The summed E-state index contributed by atoms with van der Waals surface area (Å²) in [6.45, 7) is 4.42. The topological polar surface area (TPSA) is 48.0 Å². The van der Waals surface area contributed by atoms with Crippen molar-refractivity contribution < 1.29 is 19.0 Å². The van der Waals surface area contributed by atoms with Crippen molar-refractivity contribution in [1.29, 1.82) is 0 Å². The van der Waals surface area contributed by atoms with Gasteiger partial charge in [0.15, 0.2) is 11.5 Å². The van der Waals surface area contributed by atoms with E-state index < -0.39 is 0 Å². The number of rotatable bonds is 7. The number of benzene rings is 2. The van der Waals surface area contributed by atoms with Gasteiger partial charge in [0, 0.05) is 19.9 Å². The molecule has 1 aliphatic heterocycles. The standard InChI is InChI=1S/C22H27NO4/c1-17-5-3-6-19(15-17)25-14-11-23(2)22(24)10-8-18-7-9-20-21(16-18)27-13-4-12-26-20/h3,5-7,9,15-16H,4,8,10-14H2,1-2H3. The second kappa shape index (κ2) is 9.31. The average molecular weight is 369 g/mol. The Balaban J connectivity index is 1.44. The van der Waals surface area contributed by atoms with Crippen molar-refractivity contribution in [3.63, 3.8) is 0 Å². The van der Waals surface area contributed by atoms with Crippen LogP contribution < -0.4 is 14.2 Å². The van der Waals surface area contributed by atoms with Crippen LogP contribution in [-0.2, 0) is 11.2 Å². The molecule has 1 heterocycles. The van der Waals surface area contributed by atoms with Gasteiger partial charge in [0.25, 0.3) is 0 Å². The molecule has 0 bridgehead atoms. The number of amides is 1. The van der Waals surface area contributed by atoms with Crippen LogP contribution in [0.3, 0.4) is 0 Å². The summed E-state index contributed by atoms with van der Waals surface area (Å²) in [5.41, 5.74) is 2.24. The zero-order chi connectivity index (χ0) is 19.1. The molecule has 0 saturated heterocycles. The fraction of sp³-hybridized carbons (Fsp3) is 0.409. The highest BCUT2D eigenvalue weighted by molar-refractivity contribution is 5.76. The van der Waals surface area contributed by atoms with Crippen molar-refractivity contribution in [3.05, 3.63) is 53.6 Å². The van der Waals surface area contributed by atoms with Crippen LogP contribution in [0.5, 0.6) is 17.2 Å². The molecule has 5 nitrogen and oxygen atoms in total. The first-order valence-corrected chi connectivity index (χ1v) is 9.44. The van der Waals surface area contributed by atoms with Crippen LogP contribution in [0.2, 0.25) is 0 Å². The first-order chi connectivity index (χ1) is 13.1. The van der Waals surface area contributed by atoms with Crippen LogP contribution >= 0.6 is 0 Å². The Bertz CT molecular complexity index is 775. The lowest BCUT2D eigenvalue weighted by molar-refractivity contribution is -0.130. The molecule has 0 N–H and O–H groups in total. The highest BCUT2D eigenvalue weighted by Crippen LogP contribution is 2.30. The number of fused-ring (bicyclic) bond motifs is 1. The van der Waals surface area contributed by atoms with E-state index in [4.69, 9.17) is 14.2 Å². The molecule has 0 fully saturated rings. The second-order valence-electron chi connectivity index (χ2n) is 6.81. The second-order valence-corrected chi connectivity index (χ2v) is 6.81. The Morgan fingerprint density at radius 1 is 1.11 bits per heavy atom. The van der Waals surface area contributed by atoms with Crippen LogP contribution in [-0.4, -0.2) is 44.2 Å². The molecule has 0 radical (unpaired) electrons. The molecule has 27 heavy (non-hydrogen) atoms. The van der Waals surface area contributed by atoms with Gasteiger partial charge in [-0.25, -0.2) is 0 Å². The van der Waals surface area contributed by atoms with Gasteiger partial charge in [-0.15, -0.1) is 0 Å².